The number of carbonyl (C=O) groups excluding carboxylic acids is 2. The molecule has 0 spiro atoms. The fourth-order valence-electron chi connectivity index (χ4n) is 4.01. The summed E-state index contributed by atoms with van der Waals surface area (Å²) in [7, 11) is -3.98. The first kappa shape index (κ1) is 32.7. The van der Waals surface area contributed by atoms with E-state index in [1.54, 1.807) is 0 Å². The minimum absolute atomic E-state index is 0. The Morgan fingerprint density at radius 3 is 2.31 bits per heavy atom. The molecule has 0 aromatic heterocycles. The van der Waals surface area contributed by atoms with Gasteiger partial charge in [-0.25, -0.2) is 13.6 Å². The van der Waals surface area contributed by atoms with Gasteiger partial charge in [0.25, 0.3) is 0 Å². The van der Waals surface area contributed by atoms with E-state index in [0.717, 1.165) is 17.0 Å². The molecule has 2 aliphatic heterocycles. The van der Waals surface area contributed by atoms with E-state index in [2.05, 4.69) is 5.32 Å². The van der Waals surface area contributed by atoms with Crippen LogP contribution in [0.1, 0.15) is 19.8 Å². The number of phosphoric acid groups is 1. The number of anilines is 2. The van der Waals surface area contributed by atoms with Crippen molar-refractivity contribution in [3.8, 4) is 0 Å². The molecule has 1 aromatic rings. The third kappa shape index (κ3) is 8.61. The van der Waals surface area contributed by atoms with Gasteiger partial charge in [0.1, 0.15) is 11.8 Å². The molecule has 2 fully saturated rings. The summed E-state index contributed by atoms with van der Waals surface area (Å²) in [6.07, 6.45) is -1.49. The van der Waals surface area contributed by atoms with Crippen molar-refractivity contribution in [1.29, 1.82) is 0 Å². The topological polar surface area (TPSA) is 144 Å². The van der Waals surface area contributed by atoms with Crippen molar-refractivity contribution in [1.82, 2.24) is 5.32 Å². The minimum Gasteiger partial charge on any atom is -0.790 e. The smallest absolute Gasteiger partial charge is 0.790 e. The van der Waals surface area contributed by atoms with Gasteiger partial charge < -0.3 is 38.6 Å². The van der Waals surface area contributed by atoms with E-state index in [1.165, 1.54) is 18.9 Å². The minimum atomic E-state index is -5.30. The summed E-state index contributed by atoms with van der Waals surface area (Å²) in [5, 5.41) is 2.51. The maximum absolute atomic E-state index is 14.9. The van der Waals surface area contributed by atoms with E-state index in [0.29, 0.717) is 0 Å². The van der Waals surface area contributed by atoms with Gasteiger partial charge in [-0.1, -0.05) is 0 Å². The van der Waals surface area contributed by atoms with Crippen molar-refractivity contribution in [3.63, 3.8) is 0 Å². The maximum atomic E-state index is 14.9. The van der Waals surface area contributed by atoms with Crippen molar-refractivity contribution in [2.45, 2.75) is 31.5 Å². The van der Waals surface area contributed by atoms with Gasteiger partial charge in [-0.15, -0.1) is 0 Å². The van der Waals surface area contributed by atoms with Crippen LogP contribution in [0.2, 0.25) is 0 Å². The van der Waals surface area contributed by atoms with E-state index < -0.39 is 37.3 Å². The molecular weight excluding hydrogens is 513 g/mol. The molecule has 0 saturated carbocycles. The number of phosphoric ester groups is 1. The molecule has 2 aliphatic rings. The Morgan fingerprint density at radius 1 is 1.26 bits per heavy atom. The Labute approximate surface area is 245 Å². The number of hydrogen-bond acceptors (Lipinski definition) is 9. The average molecular weight is 537 g/mol. The van der Waals surface area contributed by atoms with Gasteiger partial charge in [0.15, 0.2) is 11.6 Å². The molecule has 0 bridgehead atoms. The first-order chi connectivity index (χ1) is 15.4. The Bertz CT molecular complexity index is 939. The largest absolute Gasteiger partial charge is 1.00 e. The molecule has 16 heteroatoms. The molecule has 1 aromatic carbocycles. The predicted molar refractivity (Wildman–Crippen MR) is 107 cm³/mol. The van der Waals surface area contributed by atoms with Gasteiger partial charge in [-0.3, -0.25) is 9.69 Å². The number of methoxy groups -OCH3 is 1. The third-order valence-corrected chi connectivity index (χ3v) is 6.08. The van der Waals surface area contributed by atoms with Crippen LogP contribution in [-0.4, -0.2) is 63.6 Å². The normalized spacial score (nSPS) is 19.5. The number of nitrogens with one attached hydrogen (secondary N) is 1. The molecule has 1 atom stereocenters. The van der Waals surface area contributed by atoms with Crippen LogP contribution in [-0.2, 0) is 23.4 Å². The number of carbonyl (C=O) groups is 2. The molecule has 2 heterocycles. The fraction of sp³-hybridized carbons (Fsp3) is 0.579. The second-order valence-corrected chi connectivity index (χ2v) is 9.03. The van der Waals surface area contributed by atoms with Crippen LogP contribution in [0.3, 0.4) is 0 Å². The van der Waals surface area contributed by atoms with Crippen molar-refractivity contribution >= 4 is 31.2 Å². The molecule has 0 unspecified atom stereocenters. The third-order valence-electron chi connectivity index (χ3n) is 5.47. The summed E-state index contributed by atoms with van der Waals surface area (Å²) in [5.41, 5.74) is -1.80. The van der Waals surface area contributed by atoms with Gasteiger partial charge in [0.2, 0.25) is 5.91 Å². The number of ether oxygens (including phenoxy) is 2. The molecule has 3 rings (SSSR count). The molecule has 0 radical (unpaired) electrons. The summed E-state index contributed by atoms with van der Waals surface area (Å²) >= 11 is 0. The monoisotopic (exact) mass is 537 g/mol. The molecule has 35 heavy (non-hydrogen) atoms. The van der Waals surface area contributed by atoms with Crippen LogP contribution in [0, 0.1) is 11.6 Å². The van der Waals surface area contributed by atoms with Crippen LogP contribution in [0.25, 0.3) is 0 Å². The zero-order valence-electron chi connectivity index (χ0n) is 20.0. The summed E-state index contributed by atoms with van der Waals surface area (Å²) < 4.78 is 55.8. The fourth-order valence-corrected chi connectivity index (χ4v) is 4.72. The molecule has 2 amide bonds. The second-order valence-electron chi connectivity index (χ2n) is 7.95. The quantitative estimate of drug-likeness (QED) is 0.254. The number of cyclic esters (lactones) is 1. The van der Waals surface area contributed by atoms with Gasteiger partial charge in [-0.05, 0) is 12.8 Å². The van der Waals surface area contributed by atoms with Crippen molar-refractivity contribution in [2.75, 3.05) is 49.7 Å². The van der Waals surface area contributed by atoms with Crippen molar-refractivity contribution in [3.05, 3.63) is 23.8 Å². The van der Waals surface area contributed by atoms with E-state index >= 15 is 0 Å². The van der Waals surface area contributed by atoms with E-state index in [9.17, 15) is 32.7 Å². The number of nitrogens with zero attached hydrogens (tertiary/aromatic N) is 2. The molecule has 0 aliphatic carbocycles. The maximum Gasteiger partial charge on any atom is 1.00 e. The zero-order valence-corrected chi connectivity index (χ0v) is 24.9. The molecule has 2 saturated heterocycles. The van der Waals surface area contributed by atoms with E-state index in [-0.39, 0.29) is 122 Å². The first-order valence-electron chi connectivity index (χ1n) is 10.1. The van der Waals surface area contributed by atoms with Gasteiger partial charge in [-0.2, -0.15) is 0 Å². The Balaban J connectivity index is 0.00000306. The second kappa shape index (κ2) is 13.5. The van der Waals surface area contributed by atoms with Crippen LogP contribution < -0.4 is 84.0 Å². The van der Waals surface area contributed by atoms with Gasteiger partial charge >= 0.3 is 65.2 Å². The number of hydrogen-bond donors (Lipinski definition) is 1. The number of benzene rings is 1. The standard InChI is InChI=1S/C19H26F2N3O8P.2Na/c1-12(25)22-9-14-10-24(18(26)31-14)13-7-15(20)17(16(21)8-13)23-5-3-19(4-6-23,11-30-2)32-33(27,28)29;;/h7-8,14H,3-6,9-11H2,1-2H3,(H,22,25)(H2,27,28,29);;/q;2*+1/p-2/t14-;;/m0../s1. The number of amides is 2. The summed E-state index contributed by atoms with van der Waals surface area (Å²) in [4.78, 5) is 47.8. The number of rotatable bonds is 8. The van der Waals surface area contributed by atoms with Gasteiger partial charge in [0.05, 0.1) is 38.8 Å². The SMILES string of the molecule is COCC1(OP(=O)([O-])[O-])CCN(c2c(F)cc(N3C[C@H](CNC(C)=O)OC3=O)cc2F)CC1.[Na+].[Na+]. The summed E-state index contributed by atoms with van der Waals surface area (Å²) in [6.45, 7) is 1.21. The van der Waals surface area contributed by atoms with Crippen LogP contribution >= 0.6 is 7.82 Å². The molecule has 1 N–H and O–H groups in total. The predicted octanol–water partition coefficient (Wildman–Crippen LogP) is -5.74. The first-order valence-corrected chi connectivity index (χ1v) is 11.6. The summed E-state index contributed by atoms with van der Waals surface area (Å²) in [5.74, 6) is -2.16. The zero-order chi connectivity index (χ0) is 24.4. The Morgan fingerprint density at radius 2 is 1.83 bits per heavy atom. The average Bonchev–Trinajstić information content (AvgIpc) is 3.07. The van der Waals surface area contributed by atoms with Gasteiger partial charge in [0, 0.05) is 39.3 Å². The van der Waals surface area contributed by atoms with Crippen LogP contribution in [0.4, 0.5) is 25.0 Å². The molecular formula is C19H24F2N3Na2O8P. The van der Waals surface area contributed by atoms with Crippen LogP contribution in [0.15, 0.2) is 12.1 Å². The number of piperidine rings is 1. The number of halogens is 2. The summed E-state index contributed by atoms with van der Waals surface area (Å²) in [6, 6.07) is 1.99. The van der Waals surface area contributed by atoms with Crippen LogP contribution in [0.5, 0.6) is 0 Å². The van der Waals surface area contributed by atoms with E-state index in [1.807, 2.05) is 0 Å². The van der Waals surface area contributed by atoms with E-state index in [4.69, 9.17) is 14.0 Å². The van der Waals surface area contributed by atoms with Crippen molar-refractivity contribution in [2.24, 2.45) is 0 Å². The Hall–Kier alpha value is -0.310. The Kier molecular flexibility index (Phi) is 12.6. The van der Waals surface area contributed by atoms with Crippen molar-refractivity contribution < 1.29 is 106 Å². The molecule has 11 nitrogen and oxygen atoms in total. The molecule has 184 valence electrons.